The van der Waals surface area contributed by atoms with E-state index in [1.165, 1.54) is 11.8 Å². The highest BCUT2D eigenvalue weighted by atomic mass is 32.2. The predicted molar refractivity (Wildman–Crippen MR) is 126 cm³/mol. The molecule has 33 heavy (non-hydrogen) atoms. The number of hydrogen-bond donors (Lipinski definition) is 1. The number of carbonyl (C=O) groups is 1. The molecular weight excluding hydrogens is 440 g/mol. The fourth-order valence-electron chi connectivity index (χ4n) is 3.39. The first-order valence-corrected chi connectivity index (χ1v) is 11.3. The standard InChI is InChI=1S/C22H24N8O2S/c1-5-29-21(16-8-6-7-14(2)11-16)25-26-22(29)33-13-20(31)23-17-9-10-19(32-4)18(12-17)30-15(3)24-27-28-30/h6-12H,5,13H2,1-4H3,(H,23,31). The van der Waals surface area contributed by atoms with Gasteiger partial charge in [0.25, 0.3) is 0 Å². The molecule has 0 aliphatic rings. The molecule has 0 unspecified atom stereocenters. The van der Waals surface area contributed by atoms with E-state index in [1.807, 2.05) is 36.6 Å². The van der Waals surface area contributed by atoms with Gasteiger partial charge in [-0.25, -0.2) is 0 Å². The van der Waals surface area contributed by atoms with Crippen LogP contribution in [0, 0.1) is 13.8 Å². The smallest absolute Gasteiger partial charge is 0.234 e. The SMILES string of the molecule is CCn1c(SCC(=O)Nc2ccc(OC)c(-n3nnnc3C)c2)nnc1-c1cccc(C)c1. The lowest BCUT2D eigenvalue weighted by molar-refractivity contribution is -0.113. The Bertz CT molecular complexity index is 1280. The Hall–Kier alpha value is -3.73. The number of benzene rings is 2. The third-order valence-electron chi connectivity index (χ3n) is 4.96. The molecule has 0 radical (unpaired) electrons. The topological polar surface area (TPSA) is 113 Å². The van der Waals surface area contributed by atoms with Crippen LogP contribution in [0.15, 0.2) is 47.6 Å². The van der Waals surface area contributed by atoms with Crippen molar-refractivity contribution in [3.63, 3.8) is 0 Å². The van der Waals surface area contributed by atoms with Crippen molar-refractivity contribution < 1.29 is 9.53 Å². The van der Waals surface area contributed by atoms with E-state index in [1.54, 1.807) is 36.9 Å². The zero-order chi connectivity index (χ0) is 23.4. The van der Waals surface area contributed by atoms with Crippen molar-refractivity contribution in [2.75, 3.05) is 18.2 Å². The molecule has 0 aliphatic heterocycles. The first kappa shape index (κ1) is 22.5. The van der Waals surface area contributed by atoms with E-state index in [0.717, 1.165) is 17.0 Å². The van der Waals surface area contributed by atoms with E-state index in [-0.39, 0.29) is 11.7 Å². The molecule has 4 aromatic rings. The van der Waals surface area contributed by atoms with Gasteiger partial charge in [0.2, 0.25) is 5.91 Å². The number of aryl methyl sites for hydroxylation is 2. The first-order chi connectivity index (χ1) is 16.0. The Labute approximate surface area is 195 Å². The Balaban J connectivity index is 1.47. The van der Waals surface area contributed by atoms with Crippen LogP contribution < -0.4 is 10.1 Å². The van der Waals surface area contributed by atoms with Crippen LogP contribution in [-0.4, -0.2) is 53.7 Å². The van der Waals surface area contributed by atoms with Crippen molar-refractivity contribution in [1.29, 1.82) is 0 Å². The van der Waals surface area contributed by atoms with Gasteiger partial charge in [-0.3, -0.25) is 4.79 Å². The summed E-state index contributed by atoms with van der Waals surface area (Å²) in [6.45, 7) is 6.57. The van der Waals surface area contributed by atoms with Gasteiger partial charge in [-0.1, -0.05) is 35.5 Å². The first-order valence-electron chi connectivity index (χ1n) is 10.4. The summed E-state index contributed by atoms with van der Waals surface area (Å²) in [5, 5.41) is 23.8. The van der Waals surface area contributed by atoms with Crippen LogP contribution in [0.1, 0.15) is 18.3 Å². The molecule has 0 saturated carbocycles. The Morgan fingerprint density at radius 1 is 1.12 bits per heavy atom. The third kappa shape index (κ3) is 4.87. The molecule has 1 N–H and O–H groups in total. The van der Waals surface area contributed by atoms with E-state index in [0.29, 0.717) is 34.6 Å². The number of nitrogens with one attached hydrogen (secondary N) is 1. The van der Waals surface area contributed by atoms with Gasteiger partial charge >= 0.3 is 0 Å². The maximum absolute atomic E-state index is 12.7. The predicted octanol–water partition coefficient (Wildman–Crippen LogP) is 3.30. The van der Waals surface area contributed by atoms with Crippen LogP contribution in [0.25, 0.3) is 17.1 Å². The fraction of sp³-hybridized carbons (Fsp3) is 0.273. The number of nitrogens with zero attached hydrogens (tertiary/aromatic N) is 7. The van der Waals surface area contributed by atoms with Crippen LogP contribution >= 0.6 is 11.8 Å². The Kier molecular flexibility index (Phi) is 6.68. The minimum atomic E-state index is -0.160. The summed E-state index contributed by atoms with van der Waals surface area (Å²) < 4.78 is 8.98. The molecule has 0 fully saturated rings. The van der Waals surface area contributed by atoms with Crippen LogP contribution in [-0.2, 0) is 11.3 Å². The quantitative estimate of drug-likeness (QED) is 0.395. The van der Waals surface area contributed by atoms with Gasteiger partial charge in [-0.05, 0) is 55.5 Å². The maximum Gasteiger partial charge on any atom is 0.234 e. The summed E-state index contributed by atoms with van der Waals surface area (Å²) in [7, 11) is 1.57. The van der Waals surface area contributed by atoms with Crippen molar-refractivity contribution >= 4 is 23.4 Å². The van der Waals surface area contributed by atoms with E-state index in [9.17, 15) is 4.79 Å². The van der Waals surface area contributed by atoms with E-state index >= 15 is 0 Å². The molecule has 1 amide bonds. The fourth-order valence-corrected chi connectivity index (χ4v) is 4.20. The van der Waals surface area contributed by atoms with Crippen molar-refractivity contribution in [3.05, 3.63) is 53.9 Å². The molecular formula is C22H24N8O2S. The molecule has 2 heterocycles. The molecule has 2 aromatic carbocycles. The molecule has 0 aliphatic carbocycles. The number of rotatable bonds is 8. The lowest BCUT2D eigenvalue weighted by Crippen LogP contribution is -2.15. The molecule has 0 saturated heterocycles. The average molecular weight is 465 g/mol. The van der Waals surface area contributed by atoms with Gasteiger partial charge in [-0.2, -0.15) is 4.68 Å². The minimum absolute atomic E-state index is 0.160. The summed E-state index contributed by atoms with van der Waals surface area (Å²) in [5.74, 6) is 2.03. The lowest BCUT2D eigenvalue weighted by Gasteiger charge is -2.12. The molecule has 170 valence electrons. The highest BCUT2D eigenvalue weighted by molar-refractivity contribution is 7.99. The van der Waals surface area contributed by atoms with Crippen LogP contribution in [0.3, 0.4) is 0 Å². The van der Waals surface area contributed by atoms with Crippen molar-refractivity contribution in [3.8, 4) is 22.8 Å². The number of aromatic nitrogens is 7. The van der Waals surface area contributed by atoms with E-state index < -0.39 is 0 Å². The van der Waals surface area contributed by atoms with Gasteiger partial charge in [0.15, 0.2) is 16.8 Å². The summed E-state index contributed by atoms with van der Waals surface area (Å²) in [6.07, 6.45) is 0. The number of anilines is 1. The largest absolute Gasteiger partial charge is 0.494 e. The molecule has 4 rings (SSSR count). The maximum atomic E-state index is 12.7. The summed E-state index contributed by atoms with van der Waals surface area (Å²) in [4.78, 5) is 12.7. The van der Waals surface area contributed by atoms with E-state index in [4.69, 9.17) is 4.74 Å². The third-order valence-corrected chi connectivity index (χ3v) is 5.92. The minimum Gasteiger partial charge on any atom is -0.494 e. The van der Waals surface area contributed by atoms with Crippen molar-refractivity contribution in [1.82, 2.24) is 35.0 Å². The van der Waals surface area contributed by atoms with Gasteiger partial charge in [0.1, 0.15) is 11.4 Å². The monoisotopic (exact) mass is 464 g/mol. The van der Waals surface area contributed by atoms with Crippen LogP contribution in [0.2, 0.25) is 0 Å². The van der Waals surface area contributed by atoms with Crippen LogP contribution in [0.4, 0.5) is 5.69 Å². The zero-order valence-electron chi connectivity index (χ0n) is 18.8. The lowest BCUT2D eigenvalue weighted by atomic mass is 10.1. The van der Waals surface area contributed by atoms with Crippen LogP contribution in [0.5, 0.6) is 5.75 Å². The molecule has 0 spiro atoms. The number of hydrogen-bond acceptors (Lipinski definition) is 8. The van der Waals surface area contributed by atoms with Gasteiger partial charge in [0, 0.05) is 17.8 Å². The number of ether oxygens (including phenoxy) is 1. The highest BCUT2D eigenvalue weighted by Crippen LogP contribution is 2.27. The van der Waals surface area contributed by atoms with Crippen molar-refractivity contribution in [2.24, 2.45) is 0 Å². The van der Waals surface area contributed by atoms with E-state index in [2.05, 4.69) is 37.1 Å². The number of tetrazole rings is 1. The summed E-state index contributed by atoms with van der Waals surface area (Å²) >= 11 is 1.35. The van der Waals surface area contributed by atoms with Gasteiger partial charge in [-0.15, -0.1) is 15.3 Å². The molecule has 0 bridgehead atoms. The second-order valence-corrected chi connectivity index (χ2v) is 8.22. The number of thioether (sulfide) groups is 1. The molecule has 2 aromatic heterocycles. The Morgan fingerprint density at radius 3 is 2.67 bits per heavy atom. The number of amides is 1. The normalized spacial score (nSPS) is 10.9. The molecule has 11 heteroatoms. The number of methoxy groups -OCH3 is 1. The summed E-state index contributed by atoms with van der Waals surface area (Å²) in [5.41, 5.74) is 3.41. The second kappa shape index (κ2) is 9.82. The summed E-state index contributed by atoms with van der Waals surface area (Å²) in [6, 6.07) is 13.4. The highest BCUT2D eigenvalue weighted by Gasteiger charge is 2.16. The van der Waals surface area contributed by atoms with Crippen molar-refractivity contribution in [2.45, 2.75) is 32.5 Å². The Morgan fingerprint density at radius 2 is 1.97 bits per heavy atom. The second-order valence-electron chi connectivity index (χ2n) is 7.28. The van der Waals surface area contributed by atoms with Gasteiger partial charge < -0.3 is 14.6 Å². The van der Waals surface area contributed by atoms with Gasteiger partial charge in [0.05, 0.1) is 12.9 Å². The number of carbonyl (C=O) groups excluding carboxylic acids is 1. The zero-order valence-corrected chi connectivity index (χ0v) is 19.6. The molecule has 0 atom stereocenters. The molecule has 10 nitrogen and oxygen atoms in total. The average Bonchev–Trinajstić information content (AvgIpc) is 3.43.